The number of rotatable bonds is 3. The lowest BCUT2D eigenvalue weighted by molar-refractivity contribution is 0.115. The Hall–Kier alpha value is -1.65. The Balaban J connectivity index is 0.00000196. The van der Waals surface area contributed by atoms with Crippen LogP contribution < -0.4 is 5.32 Å². The van der Waals surface area contributed by atoms with Gasteiger partial charge in [-0.3, -0.25) is 0 Å². The smallest absolute Gasteiger partial charge is 0.0950 e. The van der Waals surface area contributed by atoms with E-state index < -0.39 is 6.10 Å². The monoisotopic (exact) mass is 388 g/mol. The van der Waals surface area contributed by atoms with Gasteiger partial charge in [-0.2, -0.15) is 0 Å². The summed E-state index contributed by atoms with van der Waals surface area (Å²) in [6.45, 7) is 0.960. The van der Waals surface area contributed by atoms with E-state index in [-0.39, 0.29) is 18.4 Å². The Labute approximate surface area is 164 Å². The van der Waals surface area contributed by atoms with Gasteiger partial charge >= 0.3 is 0 Å². The molecule has 0 bridgehead atoms. The molecule has 0 spiro atoms. The summed E-state index contributed by atoms with van der Waals surface area (Å²) >= 11 is 6.18. The SMILES string of the molecule is Cl.OC(c1cc(-c2ccccc2)nc2cc(Cl)ccc12)C1CCCCN1. The largest absolute Gasteiger partial charge is 0.387 e. The molecule has 3 nitrogen and oxygen atoms in total. The zero-order valence-corrected chi connectivity index (χ0v) is 15.9. The highest BCUT2D eigenvalue weighted by molar-refractivity contribution is 6.31. The van der Waals surface area contributed by atoms with Crippen molar-refractivity contribution in [2.45, 2.75) is 31.4 Å². The first kappa shape index (κ1) is 19.1. The number of piperidine rings is 1. The highest BCUT2D eigenvalue weighted by Crippen LogP contribution is 2.33. The zero-order valence-electron chi connectivity index (χ0n) is 14.4. The van der Waals surface area contributed by atoms with Gasteiger partial charge in [-0.25, -0.2) is 4.98 Å². The minimum atomic E-state index is -0.561. The summed E-state index contributed by atoms with van der Waals surface area (Å²) in [5.74, 6) is 0. The van der Waals surface area contributed by atoms with E-state index in [0.29, 0.717) is 5.02 Å². The van der Waals surface area contributed by atoms with Gasteiger partial charge in [0.05, 0.1) is 17.3 Å². The first-order valence-corrected chi connectivity index (χ1v) is 9.17. The van der Waals surface area contributed by atoms with Gasteiger partial charge in [0.25, 0.3) is 0 Å². The number of aliphatic hydroxyl groups excluding tert-OH is 1. The van der Waals surface area contributed by atoms with E-state index in [4.69, 9.17) is 16.6 Å². The molecule has 26 heavy (non-hydrogen) atoms. The van der Waals surface area contributed by atoms with Crippen molar-refractivity contribution in [3.8, 4) is 11.3 Å². The zero-order chi connectivity index (χ0) is 17.2. The van der Waals surface area contributed by atoms with Crippen molar-refractivity contribution in [3.63, 3.8) is 0 Å². The van der Waals surface area contributed by atoms with Crippen molar-refractivity contribution < 1.29 is 5.11 Å². The maximum Gasteiger partial charge on any atom is 0.0950 e. The average molecular weight is 389 g/mol. The number of halogens is 2. The molecule has 1 aromatic heterocycles. The summed E-state index contributed by atoms with van der Waals surface area (Å²) in [7, 11) is 0. The van der Waals surface area contributed by atoms with E-state index in [1.54, 1.807) is 0 Å². The highest BCUT2D eigenvalue weighted by Gasteiger charge is 2.25. The Bertz CT molecular complexity index is 880. The third-order valence-corrected chi connectivity index (χ3v) is 5.16. The fourth-order valence-corrected chi connectivity index (χ4v) is 3.76. The normalized spacial score (nSPS) is 18.3. The first-order valence-electron chi connectivity index (χ1n) is 8.79. The number of hydrogen-bond donors (Lipinski definition) is 2. The number of aliphatic hydroxyl groups is 1. The van der Waals surface area contributed by atoms with Crippen LogP contribution in [0.1, 0.15) is 30.9 Å². The van der Waals surface area contributed by atoms with E-state index in [0.717, 1.165) is 47.1 Å². The third kappa shape index (κ3) is 3.86. The lowest BCUT2D eigenvalue weighted by atomic mass is 9.92. The topological polar surface area (TPSA) is 45.2 Å². The summed E-state index contributed by atoms with van der Waals surface area (Å²) in [4.78, 5) is 4.78. The molecular weight excluding hydrogens is 367 g/mol. The minimum Gasteiger partial charge on any atom is -0.387 e. The lowest BCUT2D eigenvalue weighted by Gasteiger charge is -2.29. The maximum atomic E-state index is 11.1. The summed E-state index contributed by atoms with van der Waals surface area (Å²) < 4.78 is 0. The quantitative estimate of drug-likeness (QED) is 0.651. The summed E-state index contributed by atoms with van der Waals surface area (Å²) in [6.07, 6.45) is 2.74. The second-order valence-corrected chi connectivity index (χ2v) is 7.06. The first-order chi connectivity index (χ1) is 12.2. The standard InChI is InChI=1S/C21H21ClN2O.ClH/c22-15-9-10-16-17(21(25)18-8-4-5-11-23-18)13-19(24-20(16)12-15)14-6-2-1-3-7-14;/h1-3,6-7,9-10,12-13,18,21,23,25H,4-5,8,11H2;1H. The number of benzene rings is 2. The highest BCUT2D eigenvalue weighted by atomic mass is 35.5. The van der Waals surface area contributed by atoms with Crippen molar-refractivity contribution in [1.82, 2.24) is 10.3 Å². The predicted octanol–water partition coefficient (Wildman–Crippen LogP) is 5.15. The van der Waals surface area contributed by atoms with E-state index in [1.807, 2.05) is 54.6 Å². The molecule has 5 heteroatoms. The molecule has 2 atom stereocenters. The number of aromatic nitrogens is 1. The van der Waals surface area contributed by atoms with Crippen molar-refractivity contribution in [2.75, 3.05) is 6.54 Å². The molecule has 0 radical (unpaired) electrons. The van der Waals surface area contributed by atoms with Crippen LogP contribution in [0, 0.1) is 0 Å². The van der Waals surface area contributed by atoms with Crippen LogP contribution in [0.5, 0.6) is 0 Å². The van der Waals surface area contributed by atoms with Crippen molar-refractivity contribution in [1.29, 1.82) is 0 Å². The van der Waals surface area contributed by atoms with E-state index in [9.17, 15) is 5.11 Å². The van der Waals surface area contributed by atoms with Crippen LogP contribution in [-0.2, 0) is 0 Å². The number of nitrogens with one attached hydrogen (secondary N) is 1. The van der Waals surface area contributed by atoms with Gasteiger partial charge in [-0.1, -0.05) is 54.4 Å². The van der Waals surface area contributed by atoms with Crippen molar-refractivity contribution >= 4 is 34.9 Å². The third-order valence-electron chi connectivity index (χ3n) is 4.92. The van der Waals surface area contributed by atoms with Crippen LogP contribution in [0.25, 0.3) is 22.2 Å². The molecule has 4 rings (SSSR count). The lowest BCUT2D eigenvalue weighted by Crippen LogP contribution is -2.38. The van der Waals surface area contributed by atoms with Crippen LogP contribution in [-0.4, -0.2) is 22.7 Å². The molecule has 2 unspecified atom stereocenters. The van der Waals surface area contributed by atoms with Crippen LogP contribution >= 0.6 is 24.0 Å². The van der Waals surface area contributed by atoms with Gasteiger partial charge in [0.1, 0.15) is 0 Å². The van der Waals surface area contributed by atoms with Gasteiger partial charge in [-0.15, -0.1) is 12.4 Å². The number of fused-ring (bicyclic) bond motifs is 1. The van der Waals surface area contributed by atoms with E-state index in [2.05, 4.69) is 5.32 Å². The molecule has 1 fully saturated rings. The Morgan fingerprint density at radius 1 is 1.08 bits per heavy atom. The van der Waals surface area contributed by atoms with Gasteiger partial charge in [-0.05, 0) is 43.1 Å². The Kier molecular flexibility index (Phi) is 6.15. The number of hydrogen-bond acceptors (Lipinski definition) is 3. The maximum absolute atomic E-state index is 11.1. The summed E-state index contributed by atoms with van der Waals surface area (Å²) in [5, 5.41) is 16.1. The Morgan fingerprint density at radius 3 is 2.62 bits per heavy atom. The second kappa shape index (κ2) is 8.36. The van der Waals surface area contributed by atoms with Gasteiger partial charge in [0.15, 0.2) is 0 Å². The molecule has 1 aliphatic rings. The molecule has 136 valence electrons. The molecule has 1 aliphatic heterocycles. The predicted molar refractivity (Wildman–Crippen MR) is 110 cm³/mol. The van der Waals surface area contributed by atoms with Crippen LogP contribution in [0.2, 0.25) is 5.02 Å². The molecule has 2 heterocycles. The van der Waals surface area contributed by atoms with Crippen LogP contribution in [0.4, 0.5) is 0 Å². The molecule has 3 aromatic rings. The molecular formula is C21H22Cl2N2O. The second-order valence-electron chi connectivity index (χ2n) is 6.63. The molecule has 2 aromatic carbocycles. The van der Waals surface area contributed by atoms with Crippen LogP contribution in [0.15, 0.2) is 54.6 Å². The van der Waals surface area contributed by atoms with Crippen molar-refractivity contribution in [2.24, 2.45) is 0 Å². The van der Waals surface area contributed by atoms with Gasteiger partial charge < -0.3 is 10.4 Å². The molecule has 0 aliphatic carbocycles. The molecule has 1 saturated heterocycles. The summed E-state index contributed by atoms with van der Waals surface area (Å²) in [5.41, 5.74) is 3.63. The fourth-order valence-electron chi connectivity index (χ4n) is 3.60. The number of pyridine rings is 1. The van der Waals surface area contributed by atoms with Crippen molar-refractivity contribution in [3.05, 3.63) is 65.2 Å². The van der Waals surface area contributed by atoms with E-state index >= 15 is 0 Å². The molecule has 0 saturated carbocycles. The average Bonchev–Trinajstić information content (AvgIpc) is 2.67. The van der Waals surface area contributed by atoms with Crippen LogP contribution in [0.3, 0.4) is 0 Å². The Morgan fingerprint density at radius 2 is 1.88 bits per heavy atom. The number of nitrogens with zero attached hydrogens (tertiary/aromatic N) is 1. The van der Waals surface area contributed by atoms with Gasteiger partial charge in [0.2, 0.25) is 0 Å². The molecule has 0 amide bonds. The summed E-state index contributed by atoms with van der Waals surface area (Å²) in [6, 6.07) is 17.8. The van der Waals surface area contributed by atoms with Gasteiger partial charge in [0, 0.05) is 22.0 Å². The fraction of sp³-hybridized carbons (Fsp3) is 0.286. The van der Waals surface area contributed by atoms with E-state index in [1.165, 1.54) is 6.42 Å². The minimum absolute atomic E-state index is 0. The molecule has 2 N–H and O–H groups in total.